The second kappa shape index (κ2) is 6.36. The Morgan fingerprint density at radius 2 is 2.12 bits per heavy atom. The van der Waals surface area contributed by atoms with Gasteiger partial charge in [0.25, 0.3) is 0 Å². The molecule has 0 radical (unpaired) electrons. The van der Waals surface area contributed by atoms with Crippen molar-refractivity contribution >= 4 is 22.5 Å². The number of rotatable bonds is 3. The number of halogens is 1. The van der Waals surface area contributed by atoms with Crippen molar-refractivity contribution in [2.75, 3.05) is 5.32 Å². The van der Waals surface area contributed by atoms with Gasteiger partial charge in [-0.3, -0.25) is 4.79 Å². The van der Waals surface area contributed by atoms with Gasteiger partial charge < -0.3 is 10.3 Å². The fraction of sp³-hybridized carbons (Fsp3) is 0.286. The van der Waals surface area contributed by atoms with Crippen LogP contribution in [0.2, 0.25) is 0 Å². The molecule has 3 aromatic rings. The smallest absolute Gasteiger partial charge is 0.227 e. The molecule has 3 nitrogen and oxygen atoms in total. The number of benzene rings is 2. The Balaban J connectivity index is 1.58. The van der Waals surface area contributed by atoms with Crippen LogP contribution in [0.4, 0.5) is 10.1 Å². The first-order valence-electron chi connectivity index (χ1n) is 8.83. The highest BCUT2D eigenvalue weighted by Crippen LogP contribution is 2.33. The zero-order chi connectivity index (χ0) is 17.4. The maximum Gasteiger partial charge on any atom is 0.227 e. The summed E-state index contributed by atoms with van der Waals surface area (Å²) in [7, 11) is 0. The average molecular weight is 336 g/mol. The summed E-state index contributed by atoms with van der Waals surface area (Å²) >= 11 is 0. The second-order valence-electron chi connectivity index (χ2n) is 6.71. The molecule has 4 rings (SSSR count). The molecular weight excluding hydrogens is 315 g/mol. The molecule has 0 aliphatic heterocycles. The van der Waals surface area contributed by atoms with Gasteiger partial charge in [0.15, 0.2) is 0 Å². The highest BCUT2D eigenvalue weighted by atomic mass is 19.1. The number of hydrogen-bond donors (Lipinski definition) is 2. The number of carbonyl (C=O) groups is 1. The van der Waals surface area contributed by atoms with E-state index in [1.807, 2.05) is 24.3 Å². The minimum Gasteiger partial charge on any atom is -0.358 e. The number of nitrogens with one attached hydrogen (secondary N) is 2. The van der Waals surface area contributed by atoms with Gasteiger partial charge in [0, 0.05) is 28.2 Å². The number of aryl methyl sites for hydroxylation is 2. The Morgan fingerprint density at radius 3 is 2.96 bits per heavy atom. The third-order valence-electron chi connectivity index (χ3n) is 5.18. The van der Waals surface area contributed by atoms with Crippen molar-refractivity contribution < 1.29 is 9.18 Å². The zero-order valence-electron chi connectivity index (χ0n) is 14.2. The lowest BCUT2D eigenvalue weighted by atomic mass is 9.85. The highest BCUT2D eigenvalue weighted by Gasteiger charge is 2.27. The van der Waals surface area contributed by atoms with Crippen LogP contribution in [0.15, 0.2) is 42.5 Å². The van der Waals surface area contributed by atoms with E-state index >= 15 is 0 Å². The number of aromatic amines is 1. The van der Waals surface area contributed by atoms with Gasteiger partial charge in [-0.2, -0.15) is 0 Å². The number of carbonyl (C=O) groups excluding carboxylic acids is 1. The fourth-order valence-electron chi connectivity index (χ4n) is 3.80. The number of fused-ring (bicyclic) bond motifs is 3. The summed E-state index contributed by atoms with van der Waals surface area (Å²) in [6.07, 6.45) is 3.16. The van der Waals surface area contributed by atoms with E-state index in [1.54, 1.807) is 12.1 Å². The number of para-hydroxylation sites is 1. The number of hydrogen-bond acceptors (Lipinski definition) is 1. The largest absolute Gasteiger partial charge is 0.358 e. The van der Waals surface area contributed by atoms with Crippen LogP contribution in [-0.4, -0.2) is 10.9 Å². The maximum absolute atomic E-state index is 13.6. The molecule has 0 fully saturated rings. The van der Waals surface area contributed by atoms with E-state index in [9.17, 15) is 9.18 Å². The lowest BCUT2D eigenvalue weighted by Crippen LogP contribution is -2.28. The summed E-state index contributed by atoms with van der Waals surface area (Å²) in [4.78, 5) is 16.1. The summed E-state index contributed by atoms with van der Waals surface area (Å²) in [5.74, 6) is -0.269. The van der Waals surface area contributed by atoms with Crippen LogP contribution in [0.5, 0.6) is 0 Å². The predicted octanol–water partition coefficient (Wildman–Crippen LogP) is 4.61. The van der Waals surface area contributed by atoms with Crippen molar-refractivity contribution in [3.8, 4) is 0 Å². The van der Waals surface area contributed by atoms with Gasteiger partial charge in [-0.15, -0.1) is 0 Å². The Morgan fingerprint density at radius 1 is 1.28 bits per heavy atom. The topological polar surface area (TPSA) is 44.9 Å². The lowest BCUT2D eigenvalue weighted by molar-refractivity contribution is -0.120. The van der Waals surface area contributed by atoms with Crippen LogP contribution in [0, 0.1) is 11.7 Å². The van der Waals surface area contributed by atoms with E-state index in [4.69, 9.17) is 0 Å². The molecule has 1 unspecified atom stereocenters. The summed E-state index contributed by atoms with van der Waals surface area (Å²) in [5, 5.41) is 3.99. The maximum atomic E-state index is 13.6. The van der Waals surface area contributed by atoms with Gasteiger partial charge >= 0.3 is 0 Å². The van der Waals surface area contributed by atoms with Gasteiger partial charge in [0.2, 0.25) is 5.91 Å². The van der Waals surface area contributed by atoms with E-state index in [0.717, 1.165) is 52.7 Å². The van der Waals surface area contributed by atoms with Crippen LogP contribution in [-0.2, 0) is 24.1 Å². The Hall–Kier alpha value is -2.62. The van der Waals surface area contributed by atoms with Crippen molar-refractivity contribution in [3.05, 3.63) is 65.1 Å². The van der Waals surface area contributed by atoms with Crippen LogP contribution in [0.25, 0.3) is 10.9 Å². The van der Waals surface area contributed by atoms with Crippen molar-refractivity contribution in [2.24, 2.45) is 5.92 Å². The third kappa shape index (κ3) is 2.93. The number of anilines is 1. The third-order valence-corrected chi connectivity index (χ3v) is 5.18. The zero-order valence-corrected chi connectivity index (χ0v) is 14.2. The Kier molecular flexibility index (Phi) is 4.04. The van der Waals surface area contributed by atoms with Gasteiger partial charge in [-0.05, 0) is 61.1 Å². The fourth-order valence-corrected chi connectivity index (χ4v) is 3.80. The van der Waals surface area contributed by atoms with Crippen molar-refractivity contribution in [2.45, 2.75) is 32.6 Å². The number of amides is 1. The first kappa shape index (κ1) is 15.9. The van der Waals surface area contributed by atoms with E-state index in [-0.39, 0.29) is 17.6 Å². The van der Waals surface area contributed by atoms with Gasteiger partial charge in [0.1, 0.15) is 5.82 Å². The molecule has 0 saturated carbocycles. The second-order valence-corrected chi connectivity index (χ2v) is 6.71. The first-order chi connectivity index (χ1) is 12.2. The molecule has 1 atom stereocenters. The van der Waals surface area contributed by atoms with Gasteiger partial charge in [-0.25, -0.2) is 4.39 Å². The molecule has 2 aromatic carbocycles. The van der Waals surface area contributed by atoms with Crippen LogP contribution in [0.1, 0.15) is 30.2 Å². The molecule has 4 heteroatoms. The monoisotopic (exact) mass is 336 g/mol. The predicted molar refractivity (Wildman–Crippen MR) is 98.2 cm³/mol. The molecule has 2 N–H and O–H groups in total. The Labute approximate surface area is 146 Å². The van der Waals surface area contributed by atoms with Gasteiger partial charge in [0.05, 0.1) is 0 Å². The molecule has 0 spiro atoms. The highest BCUT2D eigenvalue weighted by molar-refractivity contribution is 5.94. The number of H-pyrrole nitrogens is 1. The SMILES string of the molecule is CCc1ccccc1NC(=O)C1CCc2[nH]c3ccc(F)cc3c2C1. The molecule has 1 aromatic heterocycles. The minimum absolute atomic E-state index is 0.0531. The molecule has 1 aliphatic rings. The Bertz CT molecular complexity index is 944. The van der Waals surface area contributed by atoms with Crippen LogP contribution in [0.3, 0.4) is 0 Å². The quantitative estimate of drug-likeness (QED) is 0.720. The van der Waals surface area contributed by atoms with Crippen LogP contribution >= 0.6 is 0 Å². The summed E-state index contributed by atoms with van der Waals surface area (Å²) in [5.41, 5.74) is 5.21. The molecule has 128 valence electrons. The first-order valence-corrected chi connectivity index (χ1v) is 8.83. The molecule has 1 heterocycles. The normalized spacial score (nSPS) is 16.6. The lowest BCUT2D eigenvalue weighted by Gasteiger charge is -2.22. The average Bonchev–Trinajstić information content (AvgIpc) is 2.99. The molecule has 25 heavy (non-hydrogen) atoms. The summed E-state index contributed by atoms with van der Waals surface area (Å²) in [6.45, 7) is 2.08. The van der Waals surface area contributed by atoms with E-state index in [2.05, 4.69) is 17.2 Å². The van der Waals surface area contributed by atoms with Crippen LogP contribution < -0.4 is 5.32 Å². The molecule has 1 amide bonds. The van der Waals surface area contributed by atoms with Crippen molar-refractivity contribution in [1.82, 2.24) is 4.98 Å². The van der Waals surface area contributed by atoms with Crippen molar-refractivity contribution in [3.63, 3.8) is 0 Å². The molecule has 0 saturated heterocycles. The standard InChI is InChI=1S/C21H21FN2O/c1-2-13-5-3-4-6-18(13)24-21(25)14-7-9-19-16(11-14)17-12-15(22)8-10-20(17)23-19/h3-6,8,10,12,14,23H,2,7,9,11H2,1H3,(H,24,25). The van der Waals surface area contributed by atoms with E-state index in [1.165, 1.54) is 6.07 Å². The van der Waals surface area contributed by atoms with E-state index < -0.39 is 0 Å². The molecule has 0 bridgehead atoms. The molecule has 1 aliphatic carbocycles. The van der Waals surface area contributed by atoms with Crippen molar-refractivity contribution in [1.29, 1.82) is 0 Å². The van der Waals surface area contributed by atoms with Gasteiger partial charge in [-0.1, -0.05) is 25.1 Å². The summed E-state index contributed by atoms with van der Waals surface area (Å²) in [6, 6.07) is 12.7. The number of aromatic nitrogens is 1. The summed E-state index contributed by atoms with van der Waals surface area (Å²) < 4.78 is 13.6. The molecular formula is C21H21FN2O. The minimum atomic E-state index is -0.238. The van der Waals surface area contributed by atoms with E-state index in [0.29, 0.717) is 6.42 Å².